The predicted molar refractivity (Wildman–Crippen MR) is 71.0 cm³/mol. The summed E-state index contributed by atoms with van der Waals surface area (Å²) in [6.07, 6.45) is 8.76. The van der Waals surface area contributed by atoms with Crippen LogP contribution in [0.15, 0.2) is 0 Å². The van der Waals surface area contributed by atoms with Crippen molar-refractivity contribution in [3.05, 3.63) is 0 Å². The Labute approximate surface area is 110 Å². The molecule has 3 nitrogen and oxygen atoms in total. The molecular formula is C15H26N2O. The number of hydrogen-bond donors (Lipinski definition) is 0. The van der Waals surface area contributed by atoms with Crippen molar-refractivity contribution in [3.63, 3.8) is 0 Å². The van der Waals surface area contributed by atoms with Gasteiger partial charge in [-0.05, 0) is 64.0 Å². The van der Waals surface area contributed by atoms with Gasteiger partial charge in [-0.2, -0.15) is 5.06 Å². The lowest BCUT2D eigenvalue weighted by Gasteiger charge is -2.37. The van der Waals surface area contributed by atoms with Crippen molar-refractivity contribution in [1.82, 2.24) is 9.96 Å². The van der Waals surface area contributed by atoms with Gasteiger partial charge in [-0.3, -0.25) is 4.84 Å². The molecule has 4 fully saturated rings. The molecule has 4 atom stereocenters. The predicted octanol–water partition coefficient (Wildman–Crippen LogP) is 2.13. The van der Waals surface area contributed by atoms with Crippen molar-refractivity contribution < 1.29 is 4.84 Å². The molecule has 4 aliphatic rings. The summed E-state index contributed by atoms with van der Waals surface area (Å²) in [7, 11) is 2.33. The van der Waals surface area contributed by atoms with E-state index in [-0.39, 0.29) is 0 Å². The third-order valence-corrected chi connectivity index (χ3v) is 6.07. The normalized spacial score (nSPS) is 52.5. The van der Waals surface area contributed by atoms with E-state index in [1.807, 2.05) is 0 Å². The van der Waals surface area contributed by atoms with Gasteiger partial charge in [0.1, 0.15) is 0 Å². The molecule has 1 aliphatic carbocycles. The molecule has 1 saturated carbocycles. The van der Waals surface area contributed by atoms with Crippen molar-refractivity contribution in [2.45, 2.75) is 50.6 Å². The first-order valence-corrected chi connectivity index (χ1v) is 7.93. The number of fused-ring (bicyclic) bond motifs is 1. The molecule has 0 amide bonds. The van der Waals surface area contributed by atoms with Gasteiger partial charge in [0.25, 0.3) is 0 Å². The largest absolute Gasteiger partial charge is 0.303 e. The average molecular weight is 250 g/mol. The minimum absolute atomic E-state index is 0.806. The van der Waals surface area contributed by atoms with E-state index in [9.17, 15) is 0 Å². The van der Waals surface area contributed by atoms with Crippen LogP contribution in [0.5, 0.6) is 0 Å². The molecule has 0 spiro atoms. The fourth-order valence-corrected chi connectivity index (χ4v) is 4.87. The summed E-state index contributed by atoms with van der Waals surface area (Å²) in [4.78, 5) is 8.28. The maximum atomic E-state index is 5.66. The molecule has 0 aromatic carbocycles. The number of hydrogen-bond acceptors (Lipinski definition) is 3. The van der Waals surface area contributed by atoms with Gasteiger partial charge < -0.3 is 4.90 Å². The summed E-state index contributed by atoms with van der Waals surface area (Å²) in [6.45, 7) is 3.57. The Kier molecular flexibility index (Phi) is 2.90. The zero-order valence-electron chi connectivity index (χ0n) is 11.6. The van der Waals surface area contributed by atoms with Crippen molar-refractivity contribution in [2.24, 2.45) is 17.8 Å². The first-order valence-electron chi connectivity index (χ1n) is 7.93. The maximum absolute atomic E-state index is 5.66. The van der Waals surface area contributed by atoms with Crippen molar-refractivity contribution in [2.75, 3.05) is 26.7 Å². The van der Waals surface area contributed by atoms with Crippen molar-refractivity contribution in [1.29, 1.82) is 0 Å². The van der Waals surface area contributed by atoms with Crippen LogP contribution in [-0.4, -0.2) is 48.8 Å². The monoisotopic (exact) mass is 250 g/mol. The van der Waals surface area contributed by atoms with E-state index >= 15 is 0 Å². The maximum Gasteiger partial charge on any atom is 0.0732 e. The van der Waals surface area contributed by atoms with E-state index in [4.69, 9.17) is 4.84 Å². The highest BCUT2D eigenvalue weighted by Crippen LogP contribution is 2.45. The fourth-order valence-electron chi connectivity index (χ4n) is 4.87. The van der Waals surface area contributed by atoms with E-state index in [0.717, 1.165) is 36.4 Å². The van der Waals surface area contributed by atoms with E-state index in [1.54, 1.807) is 0 Å². The zero-order valence-corrected chi connectivity index (χ0v) is 11.6. The number of hydroxylamine groups is 2. The van der Waals surface area contributed by atoms with Crippen LogP contribution in [0.2, 0.25) is 0 Å². The molecule has 0 N–H and O–H groups in total. The van der Waals surface area contributed by atoms with Crippen LogP contribution in [0.25, 0.3) is 0 Å². The topological polar surface area (TPSA) is 15.5 Å². The van der Waals surface area contributed by atoms with E-state index < -0.39 is 0 Å². The minimum atomic E-state index is 0.806. The number of nitrogens with zero attached hydrogens (tertiary/aromatic N) is 2. The lowest BCUT2D eigenvalue weighted by molar-refractivity contribution is -0.0402. The third-order valence-electron chi connectivity index (χ3n) is 6.07. The molecule has 18 heavy (non-hydrogen) atoms. The van der Waals surface area contributed by atoms with Crippen LogP contribution in [-0.2, 0) is 4.84 Å². The molecule has 3 heterocycles. The number of likely N-dealkylation sites (tertiary alicyclic amines) is 1. The molecule has 3 aliphatic heterocycles. The summed E-state index contributed by atoms with van der Waals surface area (Å²) in [6, 6.07) is 1.71. The van der Waals surface area contributed by atoms with Gasteiger partial charge in [-0.25, -0.2) is 0 Å². The molecule has 0 radical (unpaired) electrons. The highest BCUT2D eigenvalue weighted by molar-refractivity contribution is 4.98. The summed E-state index contributed by atoms with van der Waals surface area (Å²) >= 11 is 0. The molecule has 3 saturated heterocycles. The van der Waals surface area contributed by atoms with Gasteiger partial charge in [0.05, 0.1) is 12.6 Å². The average Bonchev–Trinajstić information content (AvgIpc) is 2.85. The van der Waals surface area contributed by atoms with Gasteiger partial charge in [0.15, 0.2) is 0 Å². The second-order valence-corrected chi connectivity index (χ2v) is 6.99. The van der Waals surface area contributed by atoms with Crippen LogP contribution < -0.4 is 0 Å². The Balaban J connectivity index is 1.32. The first-order chi connectivity index (χ1) is 8.83. The molecular weight excluding hydrogens is 224 g/mol. The lowest BCUT2D eigenvalue weighted by atomic mass is 9.72. The standard InChI is InChI=1S/C15H26N2O/c1-16-8-2-3-14(16)12-6-4-11(5-7-12)13-10-18-17-9-15(13)17/h11-15H,2-10H2,1H3. The van der Waals surface area contributed by atoms with Gasteiger partial charge in [0, 0.05) is 18.5 Å². The summed E-state index contributed by atoms with van der Waals surface area (Å²) in [5.41, 5.74) is 0. The second kappa shape index (κ2) is 4.46. The molecule has 102 valence electrons. The van der Waals surface area contributed by atoms with Gasteiger partial charge >= 0.3 is 0 Å². The minimum Gasteiger partial charge on any atom is -0.303 e. The smallest absolute Gasteiger partial charge is 0.0732 e. The van der Waals surface area contributed by atoms with Crippen LogP contribution in [0, 0.1) is 17.8 Å². The summed E-state index contributed by atoms with van der Waals surface area (Å²) in [5.74, 6) is 2.82. The highest BCUT2D eigenvalue weighted by Gasteiger charge is 2.51. The number of rotatable bonds is 2. The van der Waals surface area contributed by atoms with Crippen molar-refractivity contribution >= 4 is 0 Å². The fraction of sp³-hybridized carbons (Fsp3) is 1.00. The van der Waals surface area contributed by atoms with Gasteiger partial charge in [-0.15, -0.1) is 0 Å². The molecule has 4 rings (SSSR count). The molecule has 4 unspecified atom stereocenters. The van der Waals surface area contributed by atoms with Gasteiger partial charge in [0.2, 0.25) is 0 Å². The Morgan fingerprint density at radius 2 is 1.72 bits per heavy atom. The first kappa shape index (κ1) is 11.7. The van der Waals surface area contributed by atoms with Crippen LogP contribution in [0.3, 0.4) is 0 Å². The third kappa shape index (κ3) is 1.91. The van der Waals surface area contributed by atoms with Gasteiger partial charge in [-0.1, -0.05) is 0 Å². The SMILES string of the molecule is CN1CCCC1C1CCC(C2CON3CC23)CC1. The van der Waals surface area contributed by atoms with E-state index in [1.165, 1.54) is 51.6 Å². The molecule has 3 heteroatoms. The molecule has 0 aromatic rings. The lowest BCUT2D eigenvalue weighted by Crippen LogP contribution is -2.36. The quantitative estimate of drug-likeness (QED) is 0.698. The highest BCUT2D eigenvalue weighted by atomic mass is 16.7. The molecule has 0 aromatic heterocycles. The zero-order chi connectivity index (χ0) is 12.1. The Morgan fingerprint density at radius 1 is 0.944 bits per heavy atom. The Hall–Kier alpha value is -0.120. The Bertz CT molecular complexity index is 298. The summed E-state index contributed by atoms with van der Waals surface area (Å²) < 4.78 is 0. The van der Waals surface area contributed by atoms with Crippen molar-refractivity contribution in [3.8, 4) is 0 Å². The van der Waals surface area contributed by atoms with Crippen LogP contribution >= 0.6 is 0 Å². The van der Waals surface area contributed by atoms with Crippen LogP contribution in [0.4, 0.5) is 0 Å². The van der Waals surface area contributed by atoms with Crippen LogP contribution in [0.1, 0.15) is 38.5 Å². The summed E-state index contributed by atoms with van der Waals surface area (Å²) in [5, 5.41) is 2.20. The van der Waals surface area contributed by atoms with E-state index in [0.29, 0.717) is 0 Å². The van der Waals surface area contributed by atoms with E-state index in [2.05, 4.69) is 17.0 Å². The second-order valence-electron chi connectivity index (χ2n) is 6.99. The Morgan fingerprint density at radius 3 is 2.28 bits per heavy atom. The molecule has 0 bridgehead atoms.